The number of rotatable bonds is 11. The summed E-state index contributed by atoms with van der Waals surface area (Å²) in [6.07, 6.45) is -5.66. The Morgan fingerprint density at radius 2 is 1.98 bits per heavy atom. The summed E-state index contributed by atoms with van der Waals surface area (Å²) in [5.74, 6) is -1.90. The van der Waals surface area contributed by atoms with Gasteiger partial charge in [0, 0.05) is 25.6 Å². The maximum Gasteiger partial charge on any atom is 0.490 e. The summed E-state index contributed by atoms with van der Waals surface area (Å²) in [6, 6.07) is -2.12. The Kier molecular flexibility index (Phi) is 10.0. The summed E-state index contributed by atoms with van der Waals surface area (Å²) in [5.41, 5.74) is 0.542. The number of imidazole rings is 1. The molecule has 1 aliphatic heterocycles. The molecule has 2 fully saturated rings. The molecule has 16 heteroatoms. The molecule has 4 rings (SSSR count). The van der Waals surface area contributed by atoms with Crippen molar-refractivity contribution in [2.75, 3.05) is 44.0 Å². The van der Waals surface area contributed by atoms with Crippen molar-refractivity contribution in [2.45, 2.75) is 89.0 Å². The number of ether oxygens (including phenoxy) is 1. The van der Waals surface area contributed by atoms with Gasteiger partial charge in [0.1, 0.15) is 6.10 Å². The molecule has 4 N–H and O–H groups in total. The highest BCUT2D eigenvalue weighted by molar-refractivity contribution is 5.85. The first kappa shape index (κ1) is 32.7. The van der Waals surface area contributed by atoms with Gasteiger partial charge >= 0.3 is 12.1 Å². The summed E-state index contributed by atoms with van der Waals surface area (Å²) in [7, 11) is 3.97. The molecule has 0 unspecified atom stereocenters. The molecule has 1 saturated heterocycles. The van der Waals surface area contributed by atoms with Crippen LogP contribution in [0.25, 0.3) is 11.2 Å². The van der Waals surface area contributed by atoms with E-state index < -0.39 is 42.3 Å². The average Bonchev–Trinajstić information content (AvgIpc) is 3.66. The lowest BCUT2D eigenvalue weighted by molar-refractivity contribution is -0.209. The van der Waals surface area contributed by atoms with Crippen LogP contribution in [0.4, 0.5) is 24.9 Å². The lowest BCUT2D eigenvalue weighted by atomic mass is 10.0. The van der Waals surface area contributed by atoms with Gasteiger partial charge in [-0.3, -0.25) is 4.79 Å². The van der Waals surface area contributed by atoms with Crippen molar-refractivity contribution >= 4 is 34.8 Å². The molecule has 2 aromatic heterocycles. The van der Waals surface area contributed by atoms with Gasteiger partial charge in [-0.05, 0) is 39.3 Å². The van der Waals surface area contributed by atoms with E-state index in [1.807, 2.05) is 32.8 Å². The van der Waals surface area contributed by atoms with E-state index in [0.29, 0.717) is 36.8 Å². The van der Waals surface area contributed by atoms with Gasteiger partial charge in [-0.2, -0.15) is 23.1 Å². The zero-order valence-corrected chi connectivity index (χ0v) is 25.0. The lowest BCUT2D eigenvalue weighted by Gasteiger charge is -2.25. The number of aliphatic hydroxyl groups excluding tert-OH is 2. The van der Waals surface area contributed by atoms with Gasteiger partial charge in [0.15, 0.2) is 23.1 Å². The van der Waals surface area contributed by atoms with Crippen LogP contribution in [0.1, 0.15) is 52.5 Å². The van der Waals surface area contributed by atoms with E-state index in [-0.39, 0.29) is 43.1 Å². The summed E-state index contributed by atoms with van der Waals surface area (Å²) >= 11 is 0. The topological polar surface area (TPSA) is 158 Å². The molecule has 1 amide bonds. The Hall–Kier alpha value is -3.24. The highest BCUT2D eigenvalue weighted by Crippen LogP contribution is 2.38. The summed E-state index contributed by atoms with van der Waals surface area (Å²) in [4.78, 5) is 42.1. The van der Waals surface area contributed by atoms with Crippen LogP contribution in [0, 0.1) is 5.92 Å². The van der Waals surface area contributed by atoms with E-state index in [4.69, 9.17) is 14.7 Å². The van der Waals surface area contributed by atoms with Crippen LogP contribution < -0.4 is 15.5 Å². The molecule has 0 bridgehead atoms. The minimum absolute atomic E-state index is 0.0463. The van der Waals surface area contributed by atoms with E-state index in [0.717, 1.165) is 6.42 Å². The smallest absolute Gasteiger partial charge is 0.451 e. The summed E-state index contributed by atoms with van der Waals surface area (Å²) in [5, 5.41) is 26.9. The molecule has 2 aliphatic rings. The van der Waals surface area contributed by atoms with E-state index in [9.17, 15) is 33.0 Å². The van der Waals surface area contributed by atoms with Crippen LogP contribution in [0.5, 0.6) is 0 Å². The van der Waals surface area contributed by atoms with Gasteiger partial charge in [-0.1, -0.05) is 20.8 Å². The van der Waals surface area contributed by atoms with Crippen molar-refractivity contribution in [3.63, 3.8) is 0 Å². The quantitative estimate of drug-likeness (QED) is 0.272. The number of esters is 1. The molecule has 0 aromatic carbocycles. The first-order chi connectivity index (χ1) is 20.2. The van der Waals surface area contributed by atoms with Crippen molar-refractivity contribution in [3.05, 3.63) is 6.33 Å². The van der Waals surface area contributed by atoms with Gasteiger partial charge in [0.05, 0.1) is 31.1 Å². The van der Waals surface area contributed by atoms with Gasteiger partial charge in [0.2, 0.25) is 11.9 Å². The number of aliphatic hydroxyl groups is 2. The molecule has 0 radical (unpaired) electrons. The molecule has 3 heterocycles. The normalized spacial score (nSPS) is 25.1. The number of carbonyl (C=O) groups is 2. The van der Waals surface area contributed by atoms with E-state index in [2.05, 4.69) is 20.5 Å². The Morgan fingerprint density at radius 1 is 1.26 bits per heavy atom. The average molecular weight is 615 g/mol. The van der Waals surface area contributed by atoms with Crippen LogP contribution in [-0.4, -0.2) is 117 Å². The van der Waals surface area contributed by atoms with Gasteiger partial charge in [-0.25, -0.2) is 9.78 Å². The third-order valence-corrected chi connectivity index (χ3v) is 8.03. The molecule has 1 saturated carbocycles. The molecule has 0 spiro atoms. The molecule has 13 nitrogen and oxygen atoms in total. The first-order valence-corrected chi connectivity index (χ1v) is 14.5. The Bertz CT molecular complexity index is 1290. The first-order valence-electron chi connectivity index (χ1n) is 14.5. The van der Waals surface area contributed by atoms with Crippen molar-refractivity contribution in [1.82, 2.24) is 29.7 Å². The molecular formula is C27H41F3N8O5. The molecular weight excluding hydrogens is 573 g/mol. The third kappa shape index (κ3) is 7.29. The number of nitrogens with zero attached hydrogens (tertiary/aromatic N) is 6. The number of hydrogen-bond donors (Lipinski definition) is 4. The number of aromatic nitrogens is 4. The highest BCUT2D eigenvalue weighted by Gasteiger charge is 2.51. The molecule has 240 valence electrons. The standard InChI is InChI=1S/C27H41F3N8O5/c1-6-19(40)33-17-10-18(22(21(17)41)43-25(42)27(28,29)30)38-13-31-20-23(32-15(12-39)9-14(2)3)34-26(35-24(20)38)37-8-7-16(11-37)36(4)5/h13-18,21-22,39,41H,6-12H2,1-5H3,(H,33,40)(H,32,34,35)/t15-,16+,17-,18+,21+,22-/m0/s1. The van der Waals surface area contributed by atoms with Crippen molar-refractivity contribution in [2.24, 2.45) is 5.92 Å². The summed E-state index contributed by atoms with van der Waals surface area (Å²) in [6.45, 7) is 6.77. The van der Waals surface area contributed by atoms with Gasteiger partial charge in [-0.15, -0.1) is 0 Å². The second-order valence-corrected chi connectivity index (χ2v) is 11.9. The zero-order valence-electron chi connectivity index (χ0n) is 25.0. The van der Waals surface area contributed by atoms with Crippen LogP contribution in [0.3, 0.4) is 0 Å². The van der Waals surface area contributed by atoms with Crippen LogP contribution in [-0.2, 0) is 14.3 Å². The fourth-order valence-electron chi connectivity index (χ4n) is 5.73. The van der Waals surface area contributed by atoms with Crippen molar-refractivity contribution < 1.29 is 37.7 Å². The zero-order chi connectivity index (χ0) is 31.6. The summed E-state index contributed by atoms with van der Waals surface area (Å²) < 4.78 is 46.0. The van der Waals surface area contributed by atoms with Crippen LogP contribution in [0.15, 0.2) is 6.33 Å². The maximum absolute atomic E-state index is 13.2. The number of nitrogens with one attached hydrogen (secondary N) is 2. The highest BCUT2D eigenvalue weighted by atomic mass is 19.4. The fourth-order valence-corrected chi connectivity index (χ4v) is 5.73. The van der Waals surface area contributed by atoms with E-state index >= 15 is 0 Å². The fraction of sp³-hybridized carbons (Fsp3) is 0.741. The van der Waals surface area contributed by atoms with Crippen molar-refractivity contribution in [1.29, 1.82) is 0 Å². The minimum Gasteiger partial charge on any atom is -0.451 e. The lowest BCUT2D eigenvalue weighted by Crippen LogP contribution is -2.45. The van der Waals surface area contributed by atoms with Crippen molar-refractivity contribution in [3.8, 4) is 0 Å². The number of amides is 1. The second kappa shape index (κ2) is 13.2. The largest absolute Gasteiger partial charge is 0.490 e. The Labute approximate surface area is 247 Å². The van der Waals surface area contributed by atoms with Gasteiger partial charge < -0.3 is 40.0 Å². The predicted octanol–water partition coefficient (Wildman–Crippen LogP) is 1.46. The second-order valence-electron chi connectivity index (χ2n) is 11.9. The Balaban J connectivity index is 1.79. The van der Waals surface area contributed by atoms with Gasteiger partial charge in [0.25, 0.3) is 0 Å². The molecule has 6 atom stereocenters. The molecule has 1 aliphatic carbocycles. The maximum atomic E-state index is 13.2. The van der Waals surface area contributed by atoms with Crippen LogP contribution >= 0.6 is 0 Å². The predicted molar refractivity (Wildman–Crippen MR) is 151 cm³/mol. The SMILES string of the molecule is CCC(=O)N[C@H]1C[C@@H](n2cnc3c(N[C@H](CO)CC(C)C)nc(N4CC[C@@H](N(C)C)C4)nc32)[C@H](OC(=O)C(F)(F)F)[C@@H]1O. The molecule has 43 heavy (non-hydrogen) atoms. The molecule has 2 aromatic rings. The number of halogens is 3. The minimum atomic E-state index is -5.28. The Morgan fingerprint density at radius 3 is 2.56 bits per heavy atom. The number of anilines is 2. The van der Waals surface area contributed by atoms with E-state index in [1.54, 1.807) is 6.92 Å². The van der Waals surface area contributed by atoms with E-state index in [1.165, 1.54) is 10.9 Å². The number of hydrogen-bond acceptors (Lipinski definition) is 11. The monoisotopic (exact) mass is 614 g/mol. The number of alkyl halides is 3. The number of carbonyl (C=O) groups excluding carboxylic acids is 2. The number of likely N-dealkylation sites (N-methyl/N-ethyl adjacent to an activating group) is 1. The number of fused-ring (bicyclic) bond motifs is 1. The van der Waals surface area contributed by atoms with Crippen LogP contribution in [0.2, 0.25) is 0 Å². The third-order valence-electron chi connectivity index (χ3n) is 8.03.